The number of aromatic carboxylic acids is 1. The zero-order valence-corrected chi connectivity index (χ0v) is 18.8. The SMILES string of the molecule is Cc1ccc(C2=C(c3cc(C(F)(F)F)ccc3OCc3cc(F)c(F)cc3F)CCC2)nc1C(=O)O. The highest BCUT2D eigenvalue weighted by atomic mass is 19.4. The van der Waals surface area contributed by atoms with Crippen molar-refractivity contribution in [3.8, 4) is 5.75 Å². The van der Waals surface area contributed by atoms with E-state index in [0.29, 0.717) is 53.8 Å². The third-order valence-corrected chi connectivity index (χ3v) is 5.93. The summed E-state index contributed by atoms with van der Waals surface area (Å²) in [5.41, 5.74) is 0.469. The fourth-order valence-electron chi connectivity index (χ4n) is 4.13. The average molecular weight is 507 g/mol. The lowest BCUT2D eigenvalue weighted by Crippen LogP contribution is -2.08. The first-order valence-corrected chi connectivity index (χ1v) is 10.9. The lowest BCUT2D eigenvalue weighted by Gasteiger charge is -2.17. The van der Waals surface area contributed by atoms with Gasteiger partial charge in [-0.15, -0.1) is 0 Å². The molecule has 2 aromatic carbocycles. The van der Waals surface area contributed by atoms with Crippen LogP contribution in [0.4, 0.5) is 26.3 Å². The van der Waals surface area contributed by atoms with Gasteiger partial charge in [-0.2, -0.15) is 13.2 Å². The molecule has 0 unspecified atom stereocenters. The fourth-order valence-corrected chi connectivity index (χ4v) is 4.13. The van der Waals surface area contributed by atoms with Gasteiger partial charge in [0.2, 0.25) is 0 Å². The van der Waals surface area contributed by atoms with Crippen molar-refractivity contribution in [1.82, 2.24) is 4.98 Å². The van der Waals surface area contributed by atoms with Gasteiger partial charge in [-0.25, -0.2) is 22.9 Å². The molecule has 0 saturated heterocycles. The van der Waals surface area contributed by atoms with E-state index in [1.54, 1.807) is 19.1 Å². The van der Waals surface area contributed by atoms with Crippen molar-refractivity contribution in [2.45, 2.75) is 39.0 Å². The number of benzene rings is 2. The average Bonchev–Trinajstić information content (AvgIpc) is 3.29. The summed E-state index contributed by atoms with van der Waals surface area (Å²) in [4.78, 5) is 15.7. The molecule has 36 heavy (non-hydrogen) atoms. The fraction of sp³-hybridized carbons (Fsp3) is 0.231. The second kappa shape index (κ2) is 9.67. The van der Waals surface area contributed by atoms with E-state index in [1.165, 1.54) is 0 Å². The van der Waals surface area contributed by atoms with E-state index in [-0.39, 0.29) is 22.6 Å². The molecule has 1 aliphatic carbocycles. The molecule has 0 radical (unpaired) electrons. The zero-order chi connectivity index (χ0) is 26.2. The van der Waals surface area contributed by atoms with Crippen molar-refractivity contribution >= 4 is 17.1 Å². The van der Waals surface area contributed by atoms with Gasteiger partial charge in [0.15, 0.2) is 17.3 Å². The highest BCUT2D eigenvalue weighted by Crippen LogP contribution is 2.44. The topological polar surface area (TPSA) is 59.4 Å². The number of halogens is 6. The highest BCUT2D eigenvalue weighted by molar-refractivity contribution is 5.95. The molecule has 1 aromatic heterocycles. The number of carboxylic acids is 1. The first-order valence-electron chi connectivity index (χ1n) is 10.9. The number of nitrogens with zero attached hydrogens (tertiary/aromatic N) is 1. The van der Waals surface area contributed by atoms with Crippen LogP contribution >= 0.6 is 0 Å². The second-order valence-corrected chi connectivity index (χ2v) is 8.33. The van der Waals surface area contributed by atoms with Crippen molar-refractivity contribution in [1.29, 1.82) is 0 Å². The van der Waals surface area contributed by atoms with Gasteiger partial charge in [0.1, 0.15) is 18.2 Å². The number of hydrogen-bond donors (Lipinski definition) is 1. The van der Waals surface area contributed by atoms with Gasteiger partial charge >= 0.3 is 12.1 Å². The Balaban J connectivity index is 1.80. The van der Waals surface area contributed by atoms with Crippen molar-refractivity contribution < 1.29 is 41.0 Å². The van der Waals surface area contributed by atoms with E-state index >= 15 is 0 Å². The first kappa shape index (κ1) is 25.3. The Morgan fingerprint density at radius 3 is 2.36 bits per heavy atom. The zero-order valence-electron chi connectivity index (χ0n) is 18.8. The lowest BCUT2D eigenvalue weighted by molar-refractivity contribution is -0.137. The van der Waals surface area contributed by atoms with Crippen LogP contribution in [0.5, 0.6) is 5.75 Å². The van der Waals surface area contributed by atoms with Gasteiger partial charge in [0, 0.05) is 17.2 Å². The molecule has 0 spiro atoms. The summed E-state index contributed by atoms with van der Waals surface area (Å²) < 4.78 is 87.0. The summed E-state index contributed by atoms with van der Waals surface area (Å²) in [6, 6.07) is 6.97. The lowest BCUT2D eigenvalue weighted by atomic mass is 9.96. The van der Waals surface area contributed by atoms with Crippen LogP contribution in [0, 0.1) is 24.4 Å². The number of allylic oxidation sites excluding steroid dienone is 2. The number of alkyl halides is 3. The number of carboxylic acid groups (broad SMARTS) is 1. The van der Waals surface area contributed by atoms with Gasteiger partial charge in [-0.1, -0.05) is 6.07 Å². The predicted octanol–water partition coefficient (Wildman–Crippen LogP) is 7.20. The Labute approximate surface area is 201 Å². The van der Waals surface area contributed by atoms with E-state index in [4.69, 9.17) is 4.74 Å². The first-order chi connectivity index (χ1) is 17.0. The number of aromatic nitrogens is 1. The maximum atomic E-state index is 14.1. The molecule has 0 atom stereocenters. The van der Waals surface area contributed by atoms with Gasteiger partial charge in [0.05, 0.1) is 11.3 Å². The van der Waals surface area contributed by atoms with Crippen LogP contribution in [0.15, 0.2) is 42.5 Å². The van der Waals surface area contributed by atoms with E-state index in [1.807, 2.05) is 0 Å². The Hall–Kier alpha value is -3.82. The third kappa shape index (κ3) is 5.07. The molecule has 0 amide bonds. The molecule has 10 heteroatoms. The molecule has 1 heterocycles. The number of ether oxygens (including phenoxy) is 1. The molecule has 188 valence electrons. The Morgan fingerprint density at radius 2 is 1.67 bits per heavy atom. The molecule has 4 nitrogen and oxygen atoms in total. The molecule has 3 aromatic rings. The largest absolute Gasteiger partial charge is 0.488 e. The van der Waals surface area contributed by atoms with E-state index in [2.05, 4.69) is 4.98 Å². The van der Waals surface area contributed by atoms with E-state index in [0.717, 1.165) is 18.2 Å². The third-order valence-electron chi connectivity index (χ3n) is 5.93. The van der Waals surface area contributed by atoms with Crippen LogP contribution in [0.1, 0.15) is 57.7 Å². The van der Waals surface area contributed by atoms with Crippen molar-refractivity contribution in [3.05, 3.63) is 93.6 Å². The molecular formula is C26H19F6NO3. The molecule has 0 fully saturated rings. The van der Waals surface area contributed by atoms with Crippen molar-refractivity contribution in [2.24, 2.45) is 0 Å². The standard InChI is InChI=1S/C26H19F6NO3/c1-13-5-7-22(33-24(13)25(34)35)17-4-2-3-16(17)18-10-15(26(30,31)32)6-8-23(18)36-12-14-9-20(28)21(29)11-19(14)27/h5-11H,2-4,12H2,1H3,(H,34,35). The van der Waals surface area contributed by atoms with Crippen LogP contribution in [0.2, 0.25) is 0 Å². The van der Waals surface area contributed by atoms with Crippen molar-refractivity contribution in [3.63, 3.8) is 0 Å². The normalized spacial score (nSPS) is 13.9. The molecule has 1 N–H and O–H groups in total. The monoisotopic (exact) mass is 507 g/mol. The highest BCUT2D eigenvalue weighted by Gasteiger charge is 2.32. The van der Waals surface area contributed by atoms with Crippen LogP contribution in [-0.2, 0) is 12.8 Å². The predicted molar refractivity (Wildman–Crippen MR) is 119 cm³/mol. The summed E-state index contributed by atoms with van der Waals surface area (Å²) >= 11 is 0. The number of aryl methyl sites for hydroxylation is 1. The molecule has 1 aliphatic rings. The van der Waals surface area contributed by atoms with E-state index < -0.39 is 41.8 Å². The minimum Gasteiger partial charge on any atom is -0.488 e. The summed E-state index contributed by atoms with van der Waals surface area (Å²) in [6.45, 7) is 1.02. The summed E-state index contributed by atoms with van der Waals surface area (Å²) in [6.07, 6.45) is -3.27. The smallest absolute Gasteiger partial charge is 0.416 e. The van der Waals surface area contributed by atoms with Crippen LogP contribution in [0.3, 0.4) is 0 Å². The second-order valence-electron chi connectivity index (χ2n) is 8.33. The van der Waals surface area contributed by atoms with Gasteiger partial charge < -0.3 is 9.84 Å². The number of rotatable bonds is 6. The molecule has 0 bridgehead atoms. The number of pyridine rings is 1. The maximum Gasteiger partial charge on any atom is 0.416 e. The van der Waals surface area contributed by atoms with Crippen molar-refractivity contribution in [2.75, 3.05) is 0 Å². The van der Waals surface area contributed by atoms with Gasteiger partial charge in [0.25, 0.3) is 0 Å². The molecule has 4 rings (SSSR count). The molecule has 0 saturated carbocycles. The molecular weight excluding hydrogens is 488 g/mol. The van der Waals surface area contributed by atoms with Gasteiger partial charge in [-0.3, -0.25) is 0 Å². The number of carbonyl (C=O) groups is 1. The van der Waals surface area contributed by atoms with Crippen LogP contribution < -0.4 is 4.74 Å². The minimum atomic E-state index is -4.66. The quantitative estimate of drug-likeness (QED) is 0.283. The summed E-state index contributed by atoms with van der Waals surface area (Å²) in [7, 11) is 0. The summed E-state index contributed by atoms with van der Waals surface area (Å²) in [5.74, 6) is -4.98. The Kier molecular flexibility index (Phi) is 6.79. The van der Waals surface area contributed by atoms with Crippen LogP contribution in [-0.4, -0.2) is 16.1 Å². The minimum absolute atomic E-state index is 0.0212. The molecule has 0 aliphatic heterocycles. The van der Waals surface area contributed by atoms with Crippen LogP contribution in [0.25, 0.3) is 11.1 Å². The van der Waals surface area contributed by atoms with Gasteiger partial charge in [-0.05, 0) is 73.2 Å². The Bertz CT molecular complexity index is 1380. The number of hydrogen-bond acceptors (Lipinski definition) is 3. The Morgan fingerprint density at radius 1 is 0.972 bits per heavy atom. The summed E-state index contributed by atoms with van der Waals surface area (Å²) in [5, 5.41) is 9.42. The maximum absolute atomic E-state index is 14.1. The van der Waals surface area contributed by atoms with E-state index in [9.17, 15) is 36.2 Å².